The second-order valence-electron chi connectivity index (χ2n) is 8.23. The van der Waals surface area contributed by atoms with Crippen molar-refractivity contribution in [1.82, 2.24) is 14.3 Å². The van der Waals surface area contributed by atoms with Gasteiger partial charge in [0, 0.05) is 6.92 Å². The van der Waals surface area contributed by atoms with Gasteiger partial charge in [0.15, 0.2) is 0 Å². The predicted octanol–water partition coefficient (Wildman–Crippen LogP) is 4.82. The van der Waals surface area contributed by atoms with Gasteiger partial charge < -0.3 is 10.1 Å². The van der Waals surface area contributed by atoms with Crippen molar-refractivity contribution in [2.45, 2.75) is 56.5 Å². The number of para-hydroxylation sites is 2. The lowest BCUT2D eigenvalue weighted by Crippen LogP contribution is -2.22. The molecule has 2 aromatic carbocycles. The van der Waals surface area contributed by atoms with Gasteiger partial charge in [0.05, 0.1) is 11.0 Å². The largest absolute Gasteiger partial charge is 0.431 e. The third-order valence-electron chi connectivity index (χ3n) is 5.74. The van der Waals surface area contributed by atoms with Crippen molar-refractivity contribution >= 4 is 21.1 Å². The minimum atomic E-state index is -4.23. The highest BCUT2D eigenvalue weighted by Gasteiger charge is 2.31. The van der Waals surface area contributed by atoms with Crippen molar-refractivity contribution in [3.05, 3.63) is 53.9 Å². The second-order valence-corrected chi connectivity index (χ2v) is 9.99. The van der Waals surface area contributed by atoms with Gasteiger partial charge in [-0.3, -0.25) is 0 Å². The van der Waals surface area contributed by atoms with E-state index in [9.17, 15) is 17.2 Å². The topological polar surface area (TPSA) is 73.2 Å². The second kappa shape index (κ2) is 8.78. The average molecular weight is 464 g/mol. The van der Waals surface area contributed by atoms with Crippen LogP contribution in [0, 0.1) is 6.92 Å². The van der Waals surface area contributed by atoms with Gasteiger partial charge in [-0.1, -0.05) is 24.3 Å². The van der Waals surface area contributed by atoms with Crippen LogP contribution in [-0.4, -0.2) is 36.6 Å². The monoisotopic (exact) mass is 463 g/mol. The molecule has 0 bridgehead atoms. The van der Waals surface area contributed by atoms with Crippen molar-refractivity contribution in [2.24, 2.45) is 0 Å². The number of hydrogen-bond acceptors (Lipinski definition) is 5. The first-order valence-electron chi connectivity index (χ1n) is 10.8. The van der Waals surface area contributed by atoms with Crippen molar-refractivity contribution in [1.29, 1.82) is 0 Å². The molecule has 4 rings (SSSR count). The summed E-state index contributed by atoms with van der Waals surface area (Å²) < 4.78 is 60.1. The molecule has 1 aromatic heterocycles. The van der Waals surface area contributed by atoms with Gasteiger partial charge in [-0.15, -0.1) is 0 Å². The van der Waals surface area contributed by atoms with E-state index < -0.39 is 21.9 Å². The first kappa shape index (κ1) is 22.7. The molecule has 1 N–H and O–H groups in total. The van der Waals surface area contributed by atoms with Crippen LogP contribution in [0.4, 0.5) is 8.78 Å². The van der Waals surface area contributed by atoms with Crippen LogP contribution in [0.2, 0.25) is 0 Å². The summed E-state index contributed by atoms with van der Waals surface area (Å²) in [6.45, 7) is 4.12. The molecule has 9 heteroatoms. The number of imidazole rings is 1. The lowest BCUT2D eigenvalue weighted by Gasteiger charge is -2.21. The fourth-order valence-electron chi connectivity index (χ4n) is 4.42. The fraction of sp³-hybridized carbons (Fsp3) is 0.435. The van der Waals surface area contributed by atoms with Crippen LogP contribution in [-0.2, 0) is 10.0 Å². The molecule has 1 fully saturated rings. The van der Waals surface area contributed by atoms with E-state index in [-0.39, 0.29) is 10.7 Å². The molecule has 0 amide bonds. The Morgan fingerprint density at radius 2 is 1.78 bits per heavy atom. The van der Waals surface area contributed by atoms with Gasteiger partial charge >= 0.3 is 6.11 Å². The number of benzene rings is 2. The first-order valence-corrected chi connectivity index (χ1v) is 12.2. The van der Waals surface area contributed by atoms with Gasteiger partial charge in [0.25, 0.3) is 10.0 Å². The number of halogens is 2. The molecule has 0 atom stereocenters. The van der Waals surface area contributed by atoms with Crippen LogP contribution in [0.15, 0.2) is 47.4 Å². The van der Waals surface area contributed by atoms with Gasteiger partial charge in [0.2, 0.25) is 0 Å². The summed E-state index contributed by atoms with van der Waals surface area (Å²) in [7, 11) is -4.23. The minimum absolute atomic E-state index is 0.276. The van der Waals surface area contributed by atoms with E-state index in [2.05, 4.69) is 15.0 Å². The summed E-state index contributed by atoms with van der Waals surface area (Å²) in [4.78, 5) is 4.29. The number of alkyl halides is 2. The molecule has 172 valence electrons. The minimum Gasteiger partial charge on any atom is -0.431 e. The van der Waals surface area contributed by atoms with Crippen LogP contribution in [0.25, 0.3) is 11.0 Å². The highest BCUT2D eigenvalue weighted by Crippen LogP contribution is 2.36. The van der Waals surface area contributed by atoms with Crippen LogP contribution in [0.5, 0.6) is 5.75 Å². The number of ether oxygens (including phenoxy) is 1. The number of aryl methyl sites for hydroxylation is 1. The molecule has 1 aliphatic heterocycles. The van der Waals surface area contributed by atoms with Crippen LogP contribution < -0.4 is 10.1 Å². The Kier molecular flexibility index (Phi) is 6.22. The molecule has 0 radical (unpaired) electrons. The number of aromatic nitrogens is 2. The Bertz CT molecular complexity index is 1210. The van der Waals surface area contributed by atoms with Gasteiger partial charge in [-0.2, -0.15) is 8.78 Å². The molecule has 0 spiro atoms. The molecule has 6 nitrogen and oxygen atoms in total. The van der Waals surface area contributed by atoms with Crippen molar-refractivity contribution in [3.63, 3.8) is 0 Å². The number of nitrogens with one attached hydrogen (secondary N) is 1. The molecular formula is C23H27F2N3O3S. The molecule has 3 aromatic rings. The summed E-state index contributed by atoms with van der Waals surface area (Å²) in [5.41, 5.74) is 2.12. The van der Waals surface area contributed by atoms with Crippen LogP contribution in [0.3, 0.4) is 0 Å². The van der Waals surface area contributed by atoms with Crippen molar-refractivity contribution in [3.8, 4) is 5.75 Å². The first-order chi connectivity index (χ1) is 15.2. The molecule has 2 heterocycles. The van der Waals surface area contributed by atoms with E-state index in [1.165, 1.54) is 24.3 Å². The maximum atomic E-state index is 13.6. The van der Waals surface area contributed by atoms with Crippen LogP contribution in [0.1, 0.15) is 49.9 Å². The molecule has 0 saturated carbocycles. The fourth-order valence-corrected chi connectivity index (χ4v) is 6.02. The number of hydrogen-bond donors (Lipinski definition) is 1. The zero-order valence-corrected chi connectivity index (χ0v) is 19.0. The van der Waals surface area contributed by atoms with E-state index in [4.69, 9.17) is 0 Å². The van der Waals surface area contributed by atoms with Crippen molar-refractivity contribution in [2.75, 3.05) is 13.1 Å². The number of fused-ring (bicyclic) bond motifs is 1. The molecule has 32 heavy (non-hydrogen) atoms. The highest BCUT2D eigenvalue weighted by atomic mass is 32.2. The Balaban J connectivity index is 1.83. The lowest BCUT2D eigenvalue weighted by atomic mass is 9.88. The summed E-state index contributed by atoms with van der Waals surface area (Å²) in [6, 6.07) is 11.0. The summed E-state index contributed by atoms with van der Waals surface area (Å²) in [5, 5.41) is 3.40. The SMILES string of the molecule is Cc1nc2c(C3CCCNCCC3)cccc2n1S(=O)(=O)c1ccccc1OC(C)(F)F. The normalized spacial score (nSPS) is 16.6. The maximum Gasteiger partial charge on any atom is 0.394 e. The number of nitrogens with zero attached hydrogens (tertiary/aromatic N) is 2. The Morgan fingerprint density at radius 1 is 1.09 bits per heavy atom. The lowest BCUT2D eigenvalue weighted by molar-refractivity contribution is -0.160. The molecule has 0 unspecified atom stereocenters. The highest BCUT2D eigenvalue weighted by molar-refractivity contribution is 7.90. The molecule has 0 aliphatic carbocycles. The van der Waals surface area contributed by atoms with Gasteiger partial charge in [-0.05, 0) is 75.4 Å². The zero-order chi connectivity index (χ0) is 22.9. The summed E-state index contributed by atoms with van der Waals surface area (Å²) >= 11 is 0. The maximum absolute atomic E-state index is 13.6. The molecular weight excluding hydrogens is 436 g/mol. The summed E-state index contributed by atoms with van der Waals surface area (Å²) in [6.07, 6.45) is 0.544. The van der Waals surface area contributed by atoms with Crippen LogP contribution >= 0.6 is 0 Å². The Labute approximate surface area is 186 Å². The quantitative estimate of drug-likeness (QED) is 0.587. The van der Waals surface area contributed by atoms with E-state index in [1.807, 2.05) is 12.1 Å². The van der Waals surface area contributed by atoms with Gasteiger partial charge in [0.1, 0.15) is 16.5 Å². The summed E-state index contributed by atoms with van der Waals surface area (Å²) in [5.74, 6) is 0.170. The van der Waals surface area contributed by atoms with E-state index in [0.717, 1.165) is 48.3 Å². The number of rotatable bonds is 5. The third kappa shape index (κ3) is 4.49. The van der Waals surface area contributed by atoms with E-state index in [1.54, 1.807) is 13.0 Å². The van der Waals surface area contributed by atoms with Crippen molar-refractivity contribution < 1.29 is 21.9 Å². The Hall–Kier alpha value is -2.52. The standard InChI is InChI=1S/C23H27F2N3O3S/c1-16-27-22-18(17-8-6-14-26-15-7-9-17)10-5-11-19(22)28(16)32(29,30)21-13-4-3-12-20(21)31-23(2,24)25/h3-5,10-13,17,26H,6-9,14-15H2,1-2H3. The Morgan fingerprint density at radius 3 is 2.47 bits per heavy atom. The van der Waals surface area contributed by atoms with Gasteiger partial charge in [-0.25, -0.2) is 17.4 Å². The average Bonchev–Trinajstić information content (AvgIpc) is 3.03. The third-order valence-corrected chi connectivity index (χ3v) is 7.58. The predicted molar refractivity (Wildman–Crippen MR) is 119 cm³/mol. The van der Waals surface area contributed by atoms with E-state index in [0.29, 0.717) is 23.9 Å². The zero-order valence-electron chi connectivity index (χ0n) is 18.1. The smallest absolute Gasteiger partial charge is 0.394 e. The molecule has 1 saturated heterocycles. The van der Waals surface area contributed by atoms with E-state index >= 15 is 0 Å². The molecule has 1 aliphatic rings.